The largest absolute Gasteiger partial charge is 0.454 e. The summed E-state index contributed by atoms with van der Waals surface area (Å²) in [4.78, 5) is 16.8. The first kappa shape index (κ1) is 17.6. The van der Waals surface area contributed by atoms with Crippen molar-refractivity contribution in [2.24, 2.45) is 0 Å². The molecule has 0 saturated heterocycles. The van der Waals surface area contributed by atoms with Crippen LogP contribution in [0.2, 0.25) is 5.02 Å². The number of halogens is 1. The van der Waals surface area contributed by atoms with Crippen molar-refractivity contribution in [1.82, 2.24) is 9.66 Å². The van der Waals surface area contributed by atoms with Crippen LogP contribution in [0.25, 0.3) is 11.3 Å². The van der Waals surface area contributed by atoms with Crippen LogP contribution in [0.1, 0.15) is 0 Å². The smallest absolute Gasteiger partial charge is 0.234 e. The van der Waals surface area contributed by atoms with Crippen LogP contribution in [0.15, 0.2) is 53.8 Å². The standard InChI is InChI=1S/C18H15ClN4O3S/c19-12-6-15-16(26-10-25-15)7-13(12)21-17(24)9-27-18-22-14(8-23(18)20)11-4-2-1-3-5-11/h1-8H,9-10,20H2,(H,21,24). The molecule has 0 bridgehead atoms. The van der Waals surface area contributed by atoms with Crippen molar-refractivity contribution in [2.75, 3.05) is 23.7 Å². The van der Waals surface area contributed by atoms with Crippen LogP contribution in [0, 0.1) is 0 Å². The van der Waals surface area contributed by atoms with E-state index in [0.29, 0.717) is 27.4 Å². The fourth-order valence-corrected chi connectivity index (χ4v) is 3.46. The molecule has 0 spiro atoms. The van der Waals surface area contributed by atoms with E-state index in [1.165, 1.54) is 16.4 Å². The van der Waals surface area contributed by atoms with Crippen LogP contribution in [-0.4, -0.2) is 28.1 Å². The molecule has 2 aromatic carbocycles. The molecule has 2 heterocycles. The van der Waals surface area contributed by atoms with Crippen LogP contribution < -0.4 is 20.6 Å². The Balaban J connectivity index is 1.41. The van der Waals surface area contributed by atoms with Crippen LogP contribution >= 0.6 is 23.4 Å². The van der Waals surface area contributed by atoms with Gasteiger partial charge in [0.25, 0.3) is 0 Å². The third-order valence-corrected chi connectivity index (χ3v) is 5.12. The van der Waals surface area contributed by atoms with Crippen LogP contribution in [0.5, 0.6) is 11.5 Å². The molecule has 0 radical (unpaired) electrons. The number of nitrogens with two attached hydrogens (primary N) is 1. The molecular weight excluding hydrogens is 388 g/mol. The molecule has 0 aliphatic carbocycles. The van der Waals surface area contributed by atoms with E-state index >= 15 is 0 Å². The Morgan fingerprint density at radius 1 is 1.26 bits per heavy atom. The van der Waals surface area contributed by atoms with Gasteiger partial charge in [-0.25, -0.2) is 9.66 Å². The molecule has 3 N–H and O–H groups in total. The highest BCUT2D eigenvalue weighted by Gasteiger charge is 2.18. The van der Waals surface area contributed by atoms with Crippen LogP contribution in [0.3, 0.4) is 0 Å². The number of benzene rings is 2. The van der Waals surface area contributed by atoms with Crippen LogP contribution in [0.4, 0.5) is 5.69 Å². The molecule has 138 valence electrons. The van der Waals surface area contributed by atoms with Gasteiger partial charge < -0.3 is 20.6 Å². The molecule has 0 unspecified atom stereocenters. The number of fused-ring (bicyclic) bond motifs is 1. The first-order chi connectivity index (χ1) is 13.1. The zero-order valence-electron chi connectivity index (χ0n) is 14.0. The van der Waals surface area contributed by atoms with Gasteiger partial charge in [0.2, 0.25) is 12.7 Å². The molecule has 4 rings (SSSR count). The molecule has 3 aromatic rings. The molecule has 7 nitrogen and oxygen atoms in total. The normalized spacial score (nSPS) is 12.2. The quantitative estimate of drug-likeness (QED) is 0.502. The molecular formula is C18H15ClN4O3S. The predicted octanol–water partition coefficient (Wildman–Crippen LogP) is 3.38. The number of nitrogen functional groups attached to an aromatic ring is 1. The minimum Gasteiger partial charge on any atom is -0.454 e. The fraction of sp³-hybridized carbons (Fsp3) is 0.111. The lowest BCUT2D eigenvalue weighted by atomic mass is 10.2. The summed E-state index contributed by atoms with van der Waals surface area (Å²) in [5, 5.41) is 3.68. The van der Waals surface area contributed by atoms with E-state index in [1.807, 2.05) is 30.3 Å². The highest BCUT2D eigenvalue weighted by molar-refractivity contribution is 7.99. The van der Waals surface area contributed by atoms with E-state index in [-0.39, 0.29) is 18.5 Å². The number of hydrogen-bond acceptors (Lipinski definition) is 6. The number of amides is 1. The molecule has 0 fully saturated rings. The van der Waals surface area contributed by atoms with Crippen molar-refractivity contribution >= 4 is 35.0 Å². The van der Waals surface area contributed by atoms with Gasteiger partial charge >= 0.3 is 0 Å². The van der Waals surface area contributed by atoms with Crippen molar-refractivity contribution < 1.29 is 14.3 Å². The second-order valence-electron chi connectivity index (χ2n) is 5.70. The monoisotopic (exact) mass is 402 g/mol. The average Bonchev–Trinajstić information content (AvgIpc) is 3.27. The highest BCUT2D eigenvalue weighted by atomic mass is 35.5. The molecule has 27 heavy (non-hydrogen) atoms. The minimum atomic E-state index is -0.231. The Labute approximate surface area is 164 Å². The van der Waals surface area contributed by atoms with Gasteiger partial charge in [-0.1, -0.05) is 53.7 Å². The van der Waals surface area contributed by atoms with E-state index in [9.17, 15) is 4.79 Å². The second-order valence-corrected chi connectivity index (χ2v) is 7.05. The number of thioether (sulfide) groups is 1. The average molecular weight is 403 g/mol. The SMILES string of the molecule is Nn1cc(-c2ccccc2)nc1SCC(=O)Nc1cc2c(cc1Cl)OCO2. The third kappa shape index (κ3) is 3.81. The molecule has 1 aliphatic heterocycles. The first-order valence-corrected chi connectivity index (χ1v) is 9.38. The topological polar surface area (TPSA) is 91.4 Å². The number of aromatic nitrogens is 2. The highest BCUT2D eigenvalue weighted by Crippen LogP contribution is 2.39. The van der Waals surface area contributed by atoms with Gasteiger partial charge in [-0.2, -0.15) is 0 Å². The zero-order chi connectivity index (χ0) is 18.8. The second kappa shape index (κ2) is 7.42. The maximum atomic E-state index is 12.3. The van der Waals surface area contributed by atoms with Gasteiger partial charge in [-0.15, -0.1) is 0 Å². The van der Waals surface area contributed by atoms with Gasteiger partial charge in [0.05, 0.1) is 28.4 Å². The van der Waals surface area contributed by atoms with Gasteiger partial charge in [-0.3, -0.25) is 4.79 Å². The Kier molecular flexibility index (Phi) is 4.83. The van der Waals surface area contributed by atoms with Crippen molar-refractivity contribution in [1.29, 1.82) is 0 Å². The van der Waals surface area contributed by atoms with Crippen LogP contribution in [-0.2, 0) is 4.79 Å². The maximum absolute atomic E-state index is 12.3. The lowest BCUT2D eigenvalue weighted by molar-refractivity contribution is -0.113. The summed E-state index contributed by atoms with van der Waals surface area (Å²) in [5.41, 5.74) is 2.17. The summed E-state index contributed by atoms with van der Waals surface area (Å²) in [5.74, 6) is 6.96. The molecule has 0 atom stereocenters. The number of carbonyl (C=O) groups excluding carboxylic acids is 1. The predicted molar refractivity (Wildman–Crippen MR) is 105 cm³/mol. The Hall–Kier alpha value is -2.84. The van der Waals surface area contributed by atoms with E-state index in [2.05, 4.69) is 10.3 Å². The molecule has 1 amide bonds. The van der Waals surface area contributed by atoms with Gasteiger partial charge in [0, 0.05) is 17.7 Å². The summed E-state index contributed by atoms with van der Waals surface area (Å²) < 4.78 is 12.0. The summed E-state index contributed by atoms with van der Waals surface area (Å²) in [7, 11) is 0. The third-order valence-electron chi connectivity index (χ3n) is 3.84. The lowest BCUT2D eigenvalue weighted by Crippen LogP contribution is -2.16. The number of nitrogens with zero attached hydrogens (tertiary/aromatic N) is 2. The number of hydrogen-bond donors (Lipinski definition) is 2. The number of imidazole rings is 1. The minimum absolute atomic E-state index is 0.132. The number of anilines is 1. The van der Waals surface area contributed by atoms with E-state index < -0.39 is 0 Å². The van der Waals surface area contributed by atoms with Gasteiger partial charge in [-0.05, 0) is 0 Å². The maximum Gasteiger partial charge on any atom is 0.234 e. The lowest BCUT2D eigenvalue weighted by Gasteiger charge is -2.08. The first-order valence-electron chi connectivity index (χ1n) is 8.02. The van der Waals surface area contributed by atoms with Crippen molar-refractivity contribution in [3.63, 3.8) is 0 Å². The Bertz CT molecular complexity index is 994. The Morgan fingerprint density at radius 2 is 2.00 bits per heavy atom. The number of nitrogens with one attached hydrogen (secondary N) is 1. The van der Waals surface area contributed by atoms with Crippen molar-refractivity contribution in [2.45, 2.75) is 5.16 Å². The Morgan fingerprint density at radius 3 is 2.78 bits per heavy atom. The summed E-state index contributed by atoms with van der Waals surface area (Å²) in [6, 6.07) is 13.0. The number of rotatable bonds is 5. The van der Waals surface area contributed by atoms with E-state index in [4.69, 9.17) is 26.9 Å². The zero-order valence-corrected chi connectivity index (χ0v) is 15.6. The summed E-state index contributed by atoms with van der Waals surface area (Å²) in [6.45, 7) is 0.141. The number of carbonyl (C=O) groups is 1. The van der Waals surface area contributed by atoms with E-state index in [0.717, 1.165) is 11.3 Å². The summed E-state index contributed by atoms with van der Waals surface area (Å²) >= 11 is 7.41. The molecule has 9 heteroatoms. The van der Waals surface area contributed by atoms with E-state index in [1.54, 1.807) is 18.3 Å². The molecule has 1 aliphatic rings. The van der Waals surface area contributed by atoms with Crippen molar-refractivity contribution in [3.8, 4) is 22.8 Å². The van der Waals surface area contributed by atoms with Gasteiger partial charge in [0.15, 0.2) is 16.7 Å². The number of ether oxygens (including phenoxy) is 2. The molecule has 1 aromatic heterocycles. The van der Waals surface area contributed by atoms with Crippen molar-refractivity contribution in [3.05, 3.63) is 53.7 Å². The fourth-order valence-electron chi connectivity index (χ4n) is 2.56. The molecule has 0 saturated carbocycles. The van der Waals surface area contributed by atoms with Gasteiger partial charge in [0.1, 0.15) is 0 Å². The summed E-state index contributed by atoms with van der Waals surface area (Å²) in [6.07, 6.45) is 1.73.